The molecule has 1 aromatic rings. The first-order valence-electron chi connectivity index (χ1n) is 6.08. The van der Waals surface area contributed by atoms with E-state index in [1.54, 1.807) is 11.4 Å². The Bertz CT molecular complexity index is 566. The molecular formula is C12H18BrNO4S2. The van der Waals surface area contributed by atoms with Gasteiger partial charge in [0.05, 0.1) is 0 Å². The van der Waals surface area contributed by atoms with E-state index in [1.165, 1.54) is 0 Å². The Labute approximate surface area is 131 Å². The molecule has 0 saturated heterocycles. The second kappa shape index (κ2) is 7.02. The SMILES string of the molecule is CC(C)(CCNS(=O)(=O)c1sccc1Br)CCC(=O)O. The van der Waals surface area contributed by atoms with Gasteiger partial charge in [0.25, 0.3) is 10.0 Å². The van der Waals surface area contributed by atoms with E-state index in [0.29, 0.717) is 23.9 Å². The van der Waals surface area contributed by atoms with Crippen molar-refractivity contribution in [2.75, 3.05) is 6.54 Å². The predicted molar refractivity (Wildman–Crippen MR) is 82.5 cm³/mol. The van der Waals surface area contributed by atoms with Crippen LogP contribution in [0.25, 0.3) is 0 Å². The average Bonchev–Trinajstić information content (AvgIpc) is 2.73. The number of carboxylic acids is 1. The number of thiophene rings is 1. The van der Waals surface area contributed by atoms with Gasteiger partial charge in [0.1, 0.15) is 4.21 Å². The number of halogens is 1. The van der Waals surface area contributed by atoms with E-state index in [0.717, 1.165) is 11.3 Å². The van der Waals surface area contributed by atoms with Crippen LogP contribution in [0.3, 0.4) is 0 Å². The van der Waals surface area contributed by atoms with Crippen molar-refractivity contribution in [3.8, 4) is 0 Å². The van der Waals surface area contributed by atoms with Gasteiger partial charge in [-0.3, -0.25) is 4.79 Å². The van der Waals surface area contributed by atoms with Crippen LogP contribution in [0.4, 0.5) is 0 Å². The minimum atomic E-state index is -3.50. The molecular weight excluding hydrogens is 366 g/mol. The van der Waals surface area contributed by atoms with Gasteiger partial charge >= 0.3 is 5.97 Å². The van der Waals surface area contributed by atoms with Crippen LogP contribution in [0, 0.1) is 5.41 Å². The number of hydrogen-bond acceptors (Lipinski definition) is 4. The van der Waals surface area contributed by atoms with Crippen molar-refractivity contribution in [2.24, 2.45) is 5.41 Å². The second-order valence-corrected chi connectivity index (χ2v) is 8.99. The summed E-state index contributed by atoms with van der Waals surface area (Å²) in [5.74, 6) is -0.832. The molecule has 0 fully saturated rings. The van der Waals surface area contributed by atoms with Gasteiger partial charge in [0.2, 0.25) is 0 Å². The maximum atomic E-state index is 12.0. The first-order chi connectivity index (χ1) is 9.14. The molecule has 0 spiro atoms. The smallest absolute Gasteiger partial charge is 0.303 e. The molecule has 0 aliphatic rings. The van der Waals surface area contributed by atoms with Gasteiger partial charge in [0, 0.05) is 17.4 Å². The highest BCUT2D eigenvalue weighted by Crippen LogP contribution is 2.29. The third-order valence-corrected chi connectivity index (χ3v) is 7.07. The van der Waals surface area contributed by atoms with Crippen molar-refractivity contribution in [3.05, 3.63) is 15.9 Å². The van der Waals surface area contributed by atoms with Crippen LogP contribution < -0.4 is 4.72 Å². The zero-order chi connectivity index (χ0) is 15.4. The lowest BCUT2D eigenvalue weighted by molar-refractivity contribution is -0.137. The number of carbonyl (C=O) groups is 1. The summed E-state index contributed by atoms with van der Waals surface area (Å²) in [6.45, 7) is 4.16. The maximum Gasteiger partial charge on any atom is 0.303 e. The number of hydrogen-bond donors (Lipinski definition) is 2. The lowest BCUT2D eigenvalue weighted by Gasteiger charge is -2.23. The summed E-state index contributed by atoms with van der Waals surface area (Å²) in [6, 6.07) is 1.69. The minimum absolute atomic E-state index is 0.0935. The zero-order valence-electron chi connectivity index (χ0n) is 11.3. The van der Waals surface area contributed by atoms with Gasteiger partial charge in [-0.1, -0.05) is 13.8 Å². The standard InChI is InChI=1S/C12H18BrNO4S2/c1-12(2,5-3-10(15)16)6-7-14-20(17,18)11-9(13)4-8-19-11/h4,8,14H,3,5-7H2,1-2H3,(H,15,16). The van der Waals surface area contributed by atoms with E-state index < -0.39 is 16.0 Å². The third kappa shape index (κ3) is 5.51. The predicted octanol–water partition coefficient (Wildman–Crippen LogP) is 3.07. The second-order valence-electron chi connectivity index (χ2n) is 5.26. The monoisotopic (exact) mass is 383 g/mol. The van der Waals surface area contributed by atoms with Gasteiger partial charge < -0.3 is 5.11 Å². The van der Waals surface area contributed by atoms with Gasteiger partial charge in [-0.2, -0.15) is 0 Å². The number of nitrogens with one attached hydrogen (secondary N) is 1. The van der Waals surface area contributed by atoms with E-state index >= 15 is 0 Å². The van der Waals surface area contributed by atoms with Gasteiger partial charge in [-0.25, -0.2) is 13.1 Å². The van der Waals surface area contributed by atoms with E-state index in [2.05, 4.69) is 20.7 Å². The lowest BCUT2D eigenvalue weighted by atomic mass is 9.84. The summed E-state index contributed by atoms with van der Waals surface area (Å²) >= 11 is 4.35. The summed E-state index contributed by atoms with van der Waals surface area (Å²) in [4.78, 5) is 10.6. The number of rotatable bonds is 8. The molecule has 114 valence electrons. The van der Waals surface area contributed by atoms with Crippen LogP contribution in [0.1, 0.15) is 33.1 Å². The highest BCUT2D eigenvalue weighted by atomic mass is 79.9. The van der Waals surface area contributed by atoms with Gasteiger partial charge in [-0.15, -0.1) is 11.3 Å². The largest absolute Gasteiger partial charge is 0.481 e. The molecule has 0 unspecified atom stereocenters. The zero-order valence-corrected chi connectivity index (χ0v) is 14.6. The molecule has 0 saturated carbocycles. The fourth-order valence-corrected chi connectivity index (χ4v) is 5.04. The van der Waals surface area contributed by atoms with Crippen LogP contribution in [0.15, 0.2) is 20.1 Å². The molecule has 1 rings (SSSR count). The van der Waals surface area contributed by atoms with E-state index in [1.807, 2.05) is 13.8 Å². The molecule has 0 bridgehead atoms. The quantitative estimate of drug-likeness (QED) is 0.722. The minimum Gasteiger partial charge on any atom is -0.481 e. The van der Waals surface area contributed by atoms with Crippen LogP contribution in [0.5, 0.6) is 0 Å². The molecule has 0 aliphatic carbocycles. The molecule has 20 heavy (non-hydrogen) atoms. The van der Waals surface area contributed by atoms with Crippen molar-refractivity contribution in [1.82, 2.24) is 4.72 Å². The van der Waals surface area contributed by atoms with Crippen LogP contribution in [-0.4, -0.2) is 26.0 Å². The highest BCUT2D eigenvalue weighted by Gasteiger charge is 2.22. The Kier molecular flexibility index (Phi) is 6.18. The Morgan fingerprint density at radius 2 is 2.10 bits per heavy atom. The summed E-state index contributed by atoms with van der Waals surface area (Å²) in [5.41, 5.74) is -0.215. The van der Waals surface area contributed by atoms with Crippen LogP contribution in [0.2, 0.25) is 0 Å². The first-order valence-corrected chi connectivity index (χ1v) is 9.24. The molecule has 0 aliphatic heterocycles. The van der Waals surface area contributed by atoms with Crippen molar-refractivity contribution < 1.29 is 18.3 Å². The van der Waals surface area contributed by atoms with Crippen molar-refractivity contribution in [2.45, 2.75) is 37.3 Å². The molecule has 0 aromatic carbocycles. The highest BCUT2D eigenvalue weighted by molar-refractivity contribution is 9.10. The summed E-state index contributed by atoms with van der Waals surface area (Å²) in [7, 11) is -3.50. The van der Waals surface area contributed by atoms with Crippen LogP contribution in [-0.2, 0) is 14.8 Å². The Morgan fingerprint density at radius 1 is 1.45 bits per heavy atom. The van der Waals surface area contributed by atoms with Crippen LogP contribution >= 0.6 is 27.3 Å². The normalized spacial score (nSPS) is 12.6. The number of sulfonamides is 1. The first kappa shape index (κ1) is 17.6. The third-order valence-electron chi connectivity index (χ3n) is 2.94. The summed E-state index contributed by atoms with van der Waals surface area (Å²) in [5, 5.41) is 10.4. The molecule has 0 radical (unpaired) electrons. The average molecular weight is 384 g/mol. The van der Waals surface area contributed by atoms with E-state index in [9.17, 15) is 13.2 Å². The molecule has 0 atom stereocenters. The maximum absolute atomic E-state index is 12.0. The molecule has 1 aromatic heterocycles. The Morgan fingerprint density at radius 3 is 2.60 bits per heavy atom. The Hall–Kier alpha value is -0.440. The van der Waals surface area contributed by atoms with Gasteiger partial charge in [0.15, 0.2) is 0 Å². The molecule has 1 heterocycles. The number of carboxylic acid groups (broad SMARTS) is 1. The molecule has 2 N–H and O–H groups in total. The number of aliphatic carboxylic acids is 1. The van der Waals surface area contributed by atoms with Crippen molar-refractivity contribution in [3.63, 3.8) is 0 Å². The van der Waals surface area contributed by atoms with Gasteiger partial charge in [-0.05, 0) is 45.6 Å². The van der Waals surface area contributed by atoms with Crippen molar-refractivity contribution >= 4 is 43.3 Å². The van der Waals surface area contributed by atoms with E-state index in [4.69, 9.17) is 5.11 Å². The Balaban J connectivity index is 2.52. The molecule has 5 nitrogen and oxygen atoms in total. The molecule has 0 amide bonds. The van der Waals surface area contributed by atoms with E-state index in [-0.39, 0.29) is 16.0 Å². The topological polar surface area (TPSA) is 83.5 Å². The fourth-order valence-electron chi connectivity index (χ4n) is 1.63. The molecule has 8 heteroatoms. The lowest BCUT2D eigenvalue weighted by Crippen LogP contribution is -2.28. The fraction of sp³-hybridized carbons (Fsp3) is 0.583. The summed E-state index contributed by atoms with van der Waals surface area (Å²) in [6.07, 6.45) is 1.20. The van der Waals surface area contributed by atoms with Crippen molar-refractivity contribution in [1.29, 1.82) is 0 Å². The summed E-state index contributed by atoms with van der Waals surface area (Å²) < 4.78 is 27.5.